The van der Waals surface area contributed by atoms with Gasteiger partial charge >= 0.3 is 0 Å². The van der Waals surface area contributed by atoms with Gasteiger partial charge in [0.1, 0.15) is 5.54 Å². The number of hydrogen-bond donors (Lipinski definition) is 1. The van der Waals surface area contributed by atoms with Gasteiger partial charge in [0, 0.05) is 16.1 Å². The first-order valence-corrected chi connectivity index (χ1v) is 8.50. The molecule has 1 atom stereocenters. The summed E-state index contributed by atoms with van der Waals surface area (Å²) in [5, 5.41) is 13.4. The zero-order valence-corrected chi connectivity index (χ0v) is 14.9. The Morgan fingerprint density at radius 1 is 1.43 bits per heavy atom. The molecule has 1 amide bonds. The molecule has 1 aromatic rings. The number of rotatable bonds is 5. The van der Waals surface area contributed by atoms with Crippen LogP contribution in [-0.2, 0) is 4.79 Å². The minimum atomic E-state index is -0.681. The van der Waals surface area contributed by atoms with E-state index in [-0.39, 0.29) is 18.5 Å². The maximum atomic E-state index is 12.3. The number of carbonyl (C=O) groups excluding carboxylic acids is 1. The van der Waals surface area contributed by atoms with Gasteiger partial charge in [-0.3, -0.25) is 9.69 Å². The van der Waals surface area contributed by atoms with Crippen LogP contribution < -0.4 is 5.32 Å². The predicted molar refractivity (Wildman–Crippen MR) is 92.5 cm³/mol. The number of likely N-dealkylation sites (N-methyl/N-ethyl adjacent to an activating group) is 1. The van der Waals surface area contributed by atoms with Gasteiger partial charge in [0.25, 0.3) is 0 Å². The molecule has 0 spiro atoms. The molecule has 1 saturated carbocycles. The minimum Gasteiger partial charge on any atom is -0.337 e. The molecule has 1 aliphatic carbocycles. The second kappa shape index (κ2) is 7.53. The topological polar surface area (TPSA) is 56.1 Å². The summed E-state index contributed by atoms with van der Waals surface area (Å²) in [6.07, 6.45) is 3.44. The summed E-state index contributed by atoms with van der Waals surface area (Å²) < 4.78 is 0. The third-order valence-electron chi connectivity index (χ3n) is 4.52. The van der Waals surface area contributed by atoms with Crippen LogP contribution in [0.3, 0.4) is 0 Å². The van der Waals surface area contributed by atoms with Crippen LogP contribution in [-0.4, -0.2) is 29.9 Å². The van der Waals surface area contributed by atoms with Crippen molar-refractivity contribution in [2.45, 2.75) is 44.2 Å². The first-order chi connectivity index (χ1) is 10.9. The maximum Gasteiger partial charge on any atom is 0.235 e. The molecule has 0 heterocycles. The van der Waals surface area contributed by atoms with Crippen molar-refractivity contribution in [3.63, 3.8) is 0 Å². The summed E-state index contributed by atoms with van der Waals surface area (Å²) in [4.78, 5) is 14.2. The van der Waals surface area contributed by atoms with Crippen molar-refractivity contribution in [1.82, 2.24) is 10.2 Å². The Morgan fingerprint density at radius 2 is 2.09 bits per heavy atom. The summed E-state index contributed by atoms with van der Waals surface area (Å²) in [5.74, 6) is -0.132. The fourth-order valence-corrected chi connectivity index (χ4v) is 3.56. The molecule has 0 aromatic heterocycles. The van der Waals surface area contributed by atoms with Crippen LogP contribution in [0.5, 0.6) is 0 Å². The maximum absolute atomic E-state index is 12.3. The first kappa shape index (κ1) is 18.1. The van der Waals surface area contributed by atoms with Crippen LogP contribution >= 0.6 is 23.2 Å². The molecule has 0 aliphatic heterocycles. The molecule has 23 heavy (non-hydrogen) atoms. The van der Waals surface area contributed by atoms with Crippen LogP contribution in [0.25, 0.3) is 0 Å². The van der Waals surface area contributed by atoms with E-state index in [0.717, 1.165) is 31.2 Å². The minimum absolute atomic E-state index is 0.0351. The van der Waals surface area contributed by atoms with E-state index in [9.17, 15) is 10.1 Å². The Hall–Kier alpha value is -1.28. The molecule has 1 fully saturated rings. The SMILES string of the molecule is CC(c1ccc(Cl)cc1Cl)N(C)CC(=O)NC1(C#N)CCCC1. The quantitative estimate of drug-likeness (QED) is 0.871. The standard InChI is InChI=1S/C17H21Cl2N3O/c1-12(14-6-5-13(18)9-15(14)19)22(2)10-16(23)21-17(11-20)7-3-4-8-17/h5-6,9,12H,3-4,7-8,10H2,1-2H3,(H,21,23). The Kier molecular flexibility index (Phi) is 5.91. The fraction of sp³-hybridized carbons (Fsp3) is 0.529. The van der Waals surface area contributed by atoms with Crippen molar-refractivity contribution >= 4 is 29.1 Å². The van der Waals surface area contributed by atoms with Crippen molar-refractivity contribution in [3.8, 4) is 6.07 Å². The number of carbonyl (C=O) groups is 1. The summed E-state index contributed by atoms with van der Waals surface area (Å²) in [7, 11) is 1.86. The highest BCUT2D eigenvalue weighted by Gasteiger charge is 2.35. The summed E-state index contributed by atoms with van der Waals surface area (Å²) >= 11 is 12.2. The number of nitriles is 1. The van der Waals surface area contributed by atoms with E-state index in [2.05, 4.69) is 11.4 Å². The molecule has 1 N–H and O–H groups in total. The van der Waals surface area contributed by atoms with Gasteiger partial charge in [-0.25, -0.2) is 0 Å². The third-order valence-corrected chi connectivity index (χ3v) is 5.08. The van der Waals surface area contributed by atoms with Crippen molar-refractivity contribution in [2.24, 2.45) is 0 Å². The predicted octanol–water partition coefficient (Wildman–Crippen LogP) is 3.94. The van der Waals surface area contributed by atoms with E-state index >= 15 is 0 Å². The van der Waals surface area contributed by atoms with Gasteiger partial charge in [0.15, 0.2) is 0 Å². The zero-order valence-electron chi connectivity index (χ0n) is 13.4. The molecule has 2 rings (SSSR count). The van der Waals surface area contributed by atoms with E-state index in [1.54, 1.807) is 12.1 Å². The van der Waals surface area contributed by atoms with E-state index in [1.165, 1.54) is 0 Å². The van der Waals surface area contributed by atoms with Crippen LogP contribution in [0.1, 0.15) is 44.2 Å². The summed E-state index contributed by atoms with van der Waals surface area (Å²) in [6.45, 7) is 2.20. The van der Waals surface area contributed by atoms with Crippen molar-refractivity contribution in [1.29, 1.82) is 5.26 Å². The largest absolute Gasteiger partial charge is 0.337 e. The molecular weight excluding hydrogens is 333 g/mol. The summed E-state index contributed by atoms with van der Waals surface area (Å²) in [6, 6.07) is 7.60. The molecular formula is C17H21Cl2N3O. The number of amides is 1. The molecule has 1 unspecified atom stereocenters. The Balaban J connectivity index is 1.99. The zero-order chi connectivity index (χ0) is 17.0. The van der Waals surface area contributed by atoms with Crippen molar-refractivity contribution in [3.05, 3.63) is 33.8 Å². The molecule has 1 aliphatic rings. The van der Waals surface area contributed by atoms with Crippen LogP contribution in [0.2, 0.25) is 10.0 Å². The average molecular weight is 354 g/mol. The molecule has 124 valence electrons. The van der Waals surface area contributed by atoms with E-state index in [1.807, 2.05) is 24.9 Å². The summed E-state index contributed by atoms with van der Waals surface area (Å²) in [5.41, 5.74) is 0.237. The lowest BCUT2D eigenvalue weighted by molar-refractivity contribution is -0.123. The average Bonchev–Trinajstić information content (AvgIpc) is 2.95. The first-order valence-electron chi connectivity index (χ1n) is 7.74. The van der Waals surface area contributed by atoms with Gasteiger partial charge in [-0.05, 0) is 57.4 Å². The van der Waals surface area contributed by atoms with Gasteiger partial charge in [0.2, 0.25) is 5.91 Å². The van der Waals surface area contributed by atoms with Crippen molar-refractivity contribution < 1.29 is 4.79 Å². The second-order valence-electron chi connectivity index (χ2n) is 6.21. The third kappa shape index (κ3) is 4.38. The van der Waals surface area contributed by atoms with E-state index < -0.39 is 5.54 Å². The molecule has 4 nitrogen and oxygen atoms in total. The lowest BCUT2D eigenvalue weighted by Crippen LogP contribution is -2.48. The second-order valence-corrected chi connectivity index (χ2v) is 7.05. The lowest BCUT2D eigenvalue weighted by Gasteiger charge is -2.28. The van der Waals surface area contributed by atoms with Gasteiger partial charge < -0.3 is 5.32 Å². The van der Waals surface area contributed by atoms with E-state index in [4.69, 9.17) is 23.2 Å². The molecule has 6 heteroatoms. The number of benzene rings is 1. The van der Waals surface area contributed by atoms with Gasteiger partial charge in [-0.15, -0.1) is 0 Å². The monoisotopic (exact) mass is 353 g/mol. The van der Waals surface area contributed by atoms with Crippen LogP contribution in [0.4, 0.5) is 0 Å². The number of nitrogens with zero attached hydrogens (tertiary/aromatic N) is 2. The Morgan fingerprint density at radius 3 is 2.65 bits per heavy atom. The highest BCUT2D eigenvalue weighted by atomic mass is 35.5. The smallest absolute Gasteiger partial charge is 0.235 e. The van der Waals surface area contributed by atoms with Gasteiger partial charge in [-0.2, -0.15) is 5.26 Å². The number of halogens is 2. The van der Waals surface area contributed by atoms with Crippen LogP contribution in [0, 0.1) is 11.3 Å². The Bertz CT molecular complexity index is 621. The van der Waals surface area contributed by atoms with Gasteiger partial charge in [0.05, 0.1) is 12.6 Å². The van der Waals surface area contributed by atoms with Gasteiger partial charge in [-0.1, -0.05) is 29.3 Å². The number of hydrogen-bond acceptors (Lipinski definition) is 3. The molecule has 0 saturated heterocycles. The normalized spacial score (nSPS) is 17.7. The lowest BCUT2D eigenvalue weighted by atomic mass is 10.00. The highest BCUT2D eigenvalue weighted by molar-refractivity contribution is 6.35. The molecule has 0 bridgehead atoms. The van der Waals surface area contributed by atoms with Crippen LogP contribution in [0.15, 0.2) is 18.2 Å². The van der Waals surface area contributed by atoms with E-state index in [0.29, 0.717) is 10.0 Å². The highest BCUT2D eigenvalue weighted by Crippen LogP contribution is 2.30. The van der Waals surface area contributed by atoms with Crippen molar-refractivity contribution in [2.75, 3.05) is 13.6 Å². The fourth-order valence-electron chi connectivity index (χ4n) is 2.99. The Labute approximate surface area is 147 Å². The number of nitrogens with one attached hydrogen (secondary N) is 1. The molecule has 0 radical (unpaired) electrons. The molecule has 1 aromatic carbocycles.